The maximum Gasteiger partial charge on any atom is 0.250 e. The maximum atomic E-state index is 11.5. The van der Waals surface area contributed by atoms with Gasteiger partial charge in [0.1, 0.15) is 12.4 Å². The highest BCUT2D eigenvalue weighted by atomic mass is 16.5. The lowest BCUT2D eigenvalue weighted by molar-refractivity contribution is -0.121. The molecule has 7 nitrogen and oxygen atoms in total. The SMILES string of the molecule is COCCOCC(=O)Nc1ccc(C/C(N)=N/O)cc1. The topological polar surface area (TPSA) is 106 Å². The van der Waals surface area contributed by atoms with Crippen molar-refractivity contribution in [2.75, 3.05) is 32.2 Å². The lowest BCUT2D eigenvalue weighted by Crippen LogP contribution is -2.19. The minimum atomic E-state index is -0.231. The largest absolute Gasteiger partial charge is 0.409 e. The average molecular weight is 281 g/mol. The molecule has 0 aliphatic rings. The Kier molecular flexibility index (Phi) is 7.08. The Morgan fingerprint density at radius 2 is 2.05 bits per heavy atom. The number of anilines is 1. The summed E-state index contributed by atoms with van der Waals surface area (Å²) >= 11 is 0. The highest BCUT2D eigenvalue weighted by Crippen LogP contribution is 2.10. The number of carbonyl (C=O) groups is 1. The molecule has 0 aliphatic heterocycles. The third-order valence-corrected chi connectivity index (χ3v) is 2.42. The first kappa shape index (κ1) is 15.9. The monoisotopic (exact) mass is 281 g/mol. The molecular formula is C13H19N3O4. The molecule has 0 fully saturated rings. The molecule has 0 aliphatic carbocycles. The summed E-state index contributed by atoms with van der Waals surface area (Å²) in [5, 5.41) is 14.1. The average Bonchev–Trinajstić information content (AvgIpc) is 2.45. The predicted octanol–water partition coefficient (Wildman–Crippen LogP) is 0.577. The van der Waals surface area contributed by atoms with Gasteiger partial charge >= 0.3 is 0 Å². The number of nitrogens with one attached hydrogen (secondary N) is 1. The maximum absolute atomic E-state index is 11.5. The Bertz CT molecular complexity index is 445. The standard InChI is InChI=1S/C13H19N3O4/c1-19-6-7-20-9-13(17)15-11-4-2-10(3-5-11)8-12(14)16-18/h2-5,18H,6-9H2,1H3,(H2,14,16)(H,15,17). The van der Waals surface area contributed by atoms with Crippen LogP contribution < -0.4 is 11.1 Å². The molecule has 1 rings (SSSR count). The van der Waals surface area contributed by atoms with E-state index >= 15 is 0 Å². The van der Waals surface area contributed by atoms with E-state index in [0.717, 1.165) is 5.56 Å². The smallest absolute Gasteiger partial charge is 0.250 e. The summed E-state index contributed by atoms with van der Waals surface area (Å²) < 4.78 is 9.90. The van der Waals surface area contributed by atoms with Crippen molar-refractivity contribution in [3.05, 3.63) is 29.8 Å². The second kappa shape index (κ2) is 8.89. The molecule has 1 amide bonds. The van der Waals surface area contributed by atoms with E-state index in [1.807, 2.05) is 0 Å². The number of hydrogen-bond donors (Lipinski definition) is 3. The molecule has 20 heavy (non-hydrogen) atoms. The predicted molar refractivity (Wildman–Crippen MR) is 74.9 cm³/mol. The van der Waals surface area contributed by atoms with Crippen molar-refractivity contribution in [3.8, 4) is 0 Å². The van der Waals surface area contributed by atoms with Gasteiger partial charge in [-0.2, -0.15) is 0 Å². The third-order valence-electron chi connectivity index (χ3n) is 2.42. The molecule has 0 heterocycles. The number of benzene rings is 1. The Hall–Kier alpha value is -2.12. The number of amides is 1. The van der Waals surface area contributed by atoms with E-state index in [4.69, 9.17) is 20.4 Å². The van der Waals surface area contributed by atoms with Crippen LogP contribution in [0.15, 0.2) is 29.4 Å². The van der Waals surface area contributed by atoms with Gasteiger partial charge in [-0.15, -0.1) is 0 Å². The van der Waals surface area contributed by atoms with Crippen LogP contribution in [-0.4, -0.2) is 43.9 Å². The summed E-state index contributed by atoms with van der Waals surface area (Å²) in [6.07, 6.45) is 0.352. The molecule has 7 heteroatoms. The van der Waals surface area contributed by atoms with Crippen molar-refractivity contribution in [3.63, 3.8) is 0 Å². The zero-order valence-electron chi connectivity index (χ0n) is 11.3. The highest BCUT2D eigenvalue weighted by molar-refractivity contribution is 5.91. The fraction of sp³-hybridized carbons (Fsp3) is 0.385. The molecule has 1 aromatic rings. The van der Waals surface area contributed by atoms with Crippen LogP contribution in [0.25, 0.3) is 0 Å². The van der Waals surface area contributed by atoms with Gasteiger partial charge in [-0.05, 0) is 17.7 Å². The van der Waals surface area contributed by atoms with Crippen LogP contribution in [0.2, 0.25) is 0 Å². The molecule has 110 valence electrons. The number of hydrogen-bond acceptors (Lipinski definition) is 5. The van der Waals surface area contributed by atoms with E-state index in [2.05, 4.69) is 10.5 Å². The molecule has 0 atom stereocenters. The van der Waals surface area contributed by atoms with Gasteiger partial charge in [0, 0.05) is 19.2 Å². The minimum Gasteiger partial charge on any atom is -0.409 e. The molecule has 0 unspecified atom stereocenters. The number of carbonyl (C=O) groups excluding carboxylic acids is 1. The van der Waals surface area contributed by atoms with Gasteiger partial charge in [-0.1, -0.05) is 17.3 Å². The fourth-order valence-corrected chi connectivity index (χ4v) is 1.45. The summed E-state index contributed by atoms with van der Waals surface area (Å²) in [7, 11) is 1.57. The molecule has 0 bridgehead atoms. The van der Waals surface area contributed by atoms with Crippen molar-refractivity contribution in [2.24, 2.45) is 10.9 Å². The van der Waals surface area contributed by atoms with E-state index in [1.54, 1.807) is 31.4 Å². The van der Waals surface area contributed by atoms with Gasteiger partial charge in [0.25, 0.3) is 0 Å². The van der Waals surface area contributed by atoms with E-state index in [-0.39, 0.29) is 18.3 Å². The number of methoxy groups -OCH3 is 1. The van der Waals surface area contributed by atoms with Crippen LogP contribution >= 0.6 is 0 Å². The van der Waals surface area contributed by atoms with Crippen molar-refractivity contribution in [1.82, 2.24) is 0 Å². The van der Waals surface area contributed by atoms with Gasteiger partial charge in [0.2, 0.25) is 5.91 Å². The summed E-state index contributed by atoms with van der Waals surface area (Å²) in [6, 6.07) is 7.07. The lowest BCUT2D eigenvalue weighted by Gasteiger charge is -2.07. The third kappa shape index (κ3) is 6.17. The Balaban J connectivity index is 2.39. The number of nitrogens with two attached hydrogens (primary N) is 1. The molecule has 4 N–H and O–H groups in total. The highest BCUT2D eigenvalue weighted by Gasteiger charge is 2.03. The van der Waals surface area contributed by atoms with Gasteiger partial charge < -0.3 is 25.7 Å². The van der Waals surface area contributed by atoms with Crippen LogP contribution in [0.1, 0.15) is 5.56 Å². The second-order valence-corrected chi connectivity index (χ2v) is 4.06. The van der Waals surface area contributed by atoms with Gasteiger partial charge in [0.05, 0.1) is 13.2 Å². The quantitative estimate of drug-likeness (QED) is 0.212. The van der Waals surface area contributed by atoms with E-state index in [9.17, 15) is 4.79 Å². The van der Waals surface area contributed by atoms with Crippen molar-refractivity contribution in [1.29, 1.82) is 0 Å². The van der Waals surface area contributed by atoms with Gasteiger partial charge in [0.15, 0.2) is 0 Å². The Morgan fingerprint density at radius 1 is 1.35 bits per heavy atom. The summed E-state index contributed by atoms with van der Waals surface area (Å²) in [6.45, 7) is 0.813. The molecule has 0 aromatic heterocycles. The van der Waals surface area contributed by atoms with Crippen molar-refractivity contribution < 1.29 is 19.5 Å². The zero-order valence-corrected chi connectivity index (χ0v) is 11.3. The Labute approximate surface area is 117 Å². The molecule has 0 radical (unpaired) electrons. The van der Waals surface area contributed by atoms with Gasteiger partial charge in [-0.25, -0.2) is 0 Å². The molecule has 0 saturated heterocycles. The number of ether oxygens (including phenoxy) is 2. The van der Waals surface area contributed by atoms with E-state index < -0.39 is 0 Å². The molecule has 1 aromatic carbocycles. The van der Waals surface area contributed by atoms with Crippen LogP contribution in [-0.2, 0) is 20.7 Å². The van der Waals surface area contributed by atoms with E-state index in [0.29, 0.717) is 25.3 Å². The first-order valence-electron chi connectivity index (χ1n) is 6.07. The number of oxime groups is 1. The van der Waals surface area contributed by atoms with Crippen LogP contribution in [0.3, 0.4) is 0 Å². The Morgan fingerprint density at radius 3 is 2.65 bits per heavy atom. The molecule has 0 saturated carbocycles. The van der Waals surface area contributed by atoms with Gasteiger partial charge in [-0.3, -0.25) is 4.79 Å². The summed E-state index contributed by atoms with van der Waals surface area (Å²) in [5.74, 6) is -0.0985. The summed E-state index contributed by atoms with van der Waals surface area (Å²) in [4.78, 5) is 11.5. The van der Waals surface area contributed by atoms with Crippen molar-refractivity contribution in [2.45, 2.75) is 6.42 Å². The van der Waals surface area contributed by atoms with E-state index in [1.165, 1.54) is 0 Å². The number of nitrogens with zero attached hydrogens (tertiary/aromatic N) is 1. The number of amidine groups is 1. The van der Waals surface area contributed by atoms with Crippen LogP contribution in [0.4, 0.5) is 5.69 Å². The first-order valence-corrected chi connectivity index (χ1v) is 6.07. The molecule has 0 spiro atoms. The van der Waals surface area contributed by atoms with Crippen LogP contribution in [0.5, 0.6) is 0 Å². The first-order chi connectivity index (χ1) is 9.65. The minimum absolute atomic E-state index is 0.0186. The zero-order chi connectivity index (χ0) is 14.8. The van der Waals surface area contributed by atoms with Crippen LogP contribution in [0, 0.1) is 0 Å². The number of rotatable bonds is 8. The lowest BCUT2D eigenvalue weighted by atomic mass is 10.1. The molecular weight excluding hydrogens is 262 g/mol. The van der Waals surface area contributed by atoms with Crippen molar-refractivity contribution >= 4 is 17.4 Å². The summed E-state index contributed by atoms with van der Waals surface area (Å²) in [5.41, 5.74) is 6.95. The normalized spacial score (nSPS) is 11.3. The second-order valence-electron chi connectivity index (χ2n) is 4.06. The fourth-order valence-electron chi connectivity index (χ4n) is 1.45.